The molecule has 4 nitrogen and oxygen atoms in total. The summed E-state index contributed by atoms with van der Waals surface area (Å²) in [6, 6.07) is 5.60. The van der Waals surface area contributed by atoms with Crippen molar-refractivity contribution in [1.29, 1.82) is 0 Å². The molecule has 0 aliphatic carbocycles. The Hall–Kier alpha value is -2.23. The van der Waals surface area contributed by atoms with Crippen molar-refractivity contribution in [1.82, 2.24) is 4.98 Å². The molecule has 0 bridgehead atoms. The molecule has 0 atom stereocenters. The van der Waals surface area contributed by atoms with E-state index in [0.717, 1.165) is 16.9 Å². The first-order valence-electron chi connectivity index (χ1n) is 5.18. The molecule has 0 amide bonds. The minimum atomic E-state index is -0.935. The number of rotatable bonds is 3. The van der Waals surface area contributed by atoms with Crippen molar-refractivity contribution in [2.45, 2.75) is 6.92 Å². The highest BCUT2D eigenvalue weighted by Crippen LogP contribution is 2.28. The van der Waals surface area contributed by atoms with Crippen LogP contribution in [0.4, 0.5) is 0 Å². The quantitative estimate of drug-likeness (QED) is 0.853. The first-order valence-corrected chi connectivity index (χ1v) is 5.18. The smallest absolute Gasteiger partial charge is 0.337 e. The van der Waals surface area contributed by atoms with Crippen molar-refractivity contribution in [2.24, 2.45) is 0 Å². The van der Waals surface area contributed by atoms with Gasteiger partial charge in [0.2, 0.25) is 0 Å². The maximum Gasteiger partial charge on any atom is 0.337 e. The topological polar surface area (TPSA) is 62.3 Å². The molecule has 0 aliphatic rings. The molecule has 1 aromatic carbocycles. The third-order valence-corrected chi connectivity index (χ3v) is 2.68. The SMILES string of the molecule is COc1ccc(-c2c[nH]cc2C(=O)O)cc1C. The average Bonchev–Trinajstić information content (AvgIpc) is 2.77. The average molecular weight is 231 g/mol. The number of aromatic carboxylic acids is 1. The Morgan fingerprint density at radius 1 is 1.35 bits per heavy atom. The molecule has 0 fully saturated rings. The Bertz CT molecular complexity index is 558. The third kappa shape index (κ3) is 2.01. The second kappa shape index (κ2) is 4.33. The highest BCUT2D eigenvalue weighted by molar-refractivity contribution is 5.95. The zero-order valence-electron chi connectivity index (χ0n) is 9.65. The molecule has 4 heteroatoms. The van der Waals surface area contributed by atoms with Gasteiger partial charge in [0.05, 0.1) is 12.7 Å². The highest BCUT2D eigenvalue weighted by atomic mass is 16.5. The number of carboxylic acids is 1. The zero-order chi connectivity index (χ0) is 12.4. The number of aromatic nitrogens is 1. The fourth-order valence-corrected chi connectivity index (χ4v) is 1.83. The molecule has 17 heavy (non-hydrogen) atoms. The molecule has 2 rings (SSSR count). The van der Waals surface area contributed by atoms with Crippen molar-refractivity contribution < 1.29 is 14.6 Å². The molecule has 0 saturated heterocycles. The number of hydrogen-bond donors (Lipinski definition) is 2. The number of methoxy groups -OCH3 is 1. The molecule has 0 radical (unpaired) electrons. The molecule has 88 valence electrons. The summed E-state index contributed by atoms with van der Waals surface area (Å²) < 4.78 is 5.17. The van der Waals surface area contributed by atoms with Crippen molar-refractivity contribution in [3.8, 4) is 16.9 Å². The lowest BCUT2D eigenvalue weighted by atomic mass is 10.0. The van der Waals surface area contributed by atoms with Gasteiger partial charge in [0, 0.05) is 18.0 Å². The molecule has 0 saturated carbocycles. The summed E-state index contributed by atoms with van der Waals surface area (Å²) in [6.45, 7) is 1.93. The van der Waals surface area contributed by atoms with Gasteiger partial charge in [-0.05, 0) is 30.2 Å². The van der Waals surface area contributed by atoms with Crippen LogP contribution in [0, 0.1) is 6.92 Å². The Labute approximate surface area is 98.9 Å². The van der Waals surface area contributed by atoms with Gasteiger partial charge in [-0.1, -0.05) is 6.07 Å². The van der Waals surface area contributed by atoms with E-state index in [0.29, 0.717) is 5.56 Å². The van der Waals surface area contributed by atoms with Crippen LogP contribution in [-0.2, 0) is 0 Å². The first-order chi connectivity index (χ1) is 8.13. The number of nitrogens with one attached hydrogen (secondary N) is 1. The van der Waals surface area contributed by atoms with Crippen LogP contribution in [0.2, 0.25) is 0 Å². The number of benzene rings is 1. The fraction of sp³-hybridized carbons (Fsp3) is 0.154. The van der Waals surface area contributed by atoms with E-state index in [1.807, 2.05) is 25.1 Å². The molecule has 0 unspecified atom stereocenters. The van der Waals surface area contributed by atoms with Gasteiger partial charge in [-0.15, -0.1) is 0 Å². The Kier molecular flexibility index (Phi) is 2.87. The van der Waals surface area contributed by atoms with Crippen molar-refractivity contribution in [3.05, 3.63) is 41.7 Å². The van der Waals surface area contributed by atoms with E-state index in [1.54, 1.807) is 13.3 Å². The van der Waals surface area contributed by atoms with Gasteiger partial charge < -0.3 is 14.8 Å². The van der Waals surface area contributed by atoms with Crippen LogP contribution in [-0.4, -0.2) is 23.2 Å². The number of ether oxygens (including phenoxy) is 1. The third-order valence-electron chi connectivity index (χ3n) is 2.68. The largest absolute Gasteiger partial charge is 0.496 e. The Morgan fingerprint density at radius 3 is 2.71 bits per heavy atom. The maximum absolute atomic E-state index is 11.0. The van der Waals surface area contributed by atoms with Crippen molar-refractivity contribution in [2.75, 3.05) is 7.11 Å². The maximum atomic E-state index is 11.0. The van der Waals surface area contributed by atoms with Gasteiger partial charge in [0.25, 0.3) is 0 Å². The summed E-state index contributed by atoms with van der Waals surface area (Å²) in [5.41, 5.74) is 2.79. The van der Waals surface area contributed by atoms with Crippen LogP contribution in [0.1, 0.15) is 15.9 Å². The van der Waals surface area contributed by atoms with Gasteiger partial charge in [0.15, 0.2) is 0 Å². The second-order valence-corrected chi connectivity index (χ2v) is 3.77. The molecule has 0 aliphatic heterocycles. The number of H-pyrrole nitrogens is 1. The minimum absolute atomic E-state index is 0.273. The summed E-state index contributed by atoms with van der Waals surface area (Å²) in [5.74, 6) is -0.143. The molecule has 2 N–H and O–H groups in total. The summed E-state index contributed by atoms with van der Waals surface area (Å²) in [4.78, 5) is 13.8. The lowest BCUT2D eigenvalue weighted by molar-refractivity contribution is 0.0698. The normalized spacial score (nSPS) is 10.2. The Morgan fingerprint density at radius 2 is 2.12 bits per heavy atom. The van der Waals surface area contributed by atoms with E-state index in [-0.39, 0.29) is 5.56 Å². The zero-order valence-corrected chi connectivity index (χ0v) is 9.65. The van der Waals surface area contributed by atoms with E-state index in [2.05, 4.69) is 4.98 Å². The van der Waals surface area contributed by atoms with Crippen molar-refractivity contribution >= 4 is 5.97 Å². The number of carbonyl (C=O) groups is 1. The van der Waals surface area contributed by atoms with Crippen LogP contribution in [0.3, 0.4) is 0 Å². The lowest BCUT2D eigenvalue weighted by Gasteiger charge is -2.07. The molecular weight excluding hydrogens is 218 g/mol. The number of aromatic amines is 1. The summed E-state index contributed by atoms with van der Waals surface area (Å²) in [5, 5.41) is 9.04. The van der Waals surface area contributed by atoms with E-state index >= 15 is 0 Å². The van der Waals surface area contributed by atoms with Gasteiger partial charge in [0.1, 0.15) is 5.75 Å². The predicted molar refractivity (Wildman–Crippen MR) is 64.5 cm³/mol. The molecule has 0 spiro atoms. The van der Waals surface area contributed by atoms with Crippen molar-refractivity contribution in [3.63, 3.8) is 0 Å². The van der Waals surface area contributed by atoms with Crippen LogP contribution in [0.15, 0.2) is 30.6 Å². The Balaban J connectivity index is 2.50. The van der Waals surface area contributed by atoms with Crippen LogP contribution in [0.25, 0.3) is 11.1 Å². The van der Waals surface area contributed by atoms with Gasteiger partial charge in [-0.3, -0.25) is 0 Å². The van der Waals surface area contributed by atoms with E-state index in [1.165, 1.54) is 6.20 Å². The number of hydrogen-bond acceptors (Lipinski definition) is 2. The molecule has 2 aromatic rings. The summed E-state index contributed by atoms with van der Waals surface area (Å²) in [6.07, 6.45) is 3.17. The monoisotopic (exact) mass is 231 g/mol. The van der Waals surface area contributed by atoms with Crippen LogP contribution in [0.5, 0.6) is 5.75 Å². The van der Waals surface area contributed by atoms with Gasteiger partial charge in [-0.2, -0.15) is 0 Å². The number of aryl methyl sites for hydroxylation is 1. The molecule has 1 aromatic heterocycles. The second-order valence-electron chi connectivity index (χ2n) is 3.77. The van der Waals surface area contributed by atoms with Gasteiger partial charge >= 0.3 is 5.97 Å². The standard InChI is InChI=1S/C13H13NO3/c1-8-5-9(3-4-12(8)17-2)10-6-14-7-11(10)13(15)16/h3-7,14H,1-2H3,(H,15,16). The van der Waals surface area contributed by atoms with Crippen LogP contribution < -0.4 is 4.74 Å². The lowest BCUT2D eigenvalue weighted by Crippen LogP contribution is -1.96. The first kappa shape index (κ1) is 11.3. The predicted octanol–water partition coefficient (Wildman–Crippen LogP) is 2.70. The van der Waals surface area contributed by atoms with Gasteiger partial charge in [-0.25, -0.2) is 4.79 Å². The van der Waals surface area contributed by atoms with Crippen LogP contribution >= 0.6 is 0 Å². The highest BCUT2D eigenvalue weighted by Gasteiger charge is 2.13. The summed E-state index contributed by atoms with van der Waals surface area (Å²) >= 11 is 0. The fourth-order valence-electron chi connectivity index (χ4n) is 1.83. The molecule has 1 heterocycles. The van der Waals surface area contributed by atoms with E-state index in [9.17, 15) is 4.79 Å². The molecular formula is C13H13NO3. The van der Waals surface area contributed by atoms with E-state index < -0.39 is 5.97 Å². The van der Waals surface area contributed by atoms with E-state index in [4.69, 9.17) is 9.84 Å². The summed E-state index contributed by atoms with van der Waals surface area (Å²) in [7, 11) is 1.61. The minimum Gasteiger partial charge on any atom is -0.496 e. The number of carboxylic acid groups (broad SMARTS) is 1.